The summed E-state index contributed by atoms with van der Waals surface area (Å²) < 4.78 is 28.1. The number of rotatable bonds is 7. The number of carbonyl (C=O) groups is 2. The van der Waals surface area contributed by atoms with Crippen LogP contribution in [0.25, 0.3) is 0 Å². The lowest BCUT2D eigenvalue weighted by Gasteiger charge is -2.21. The Morgan fingerprint density at radius 3 is 2.14 bits per heavy atom. The van der Waals surface area contributed by atoms with E-state index in [-0.39, 0.29) is 16.7 Å². The number of hydrogen-bond donors (Lipinski definition) is 3. The van der Waals surface area contributed by atoms with Gasteiger partial charge in [-0.2, -0.15) is 0 Å². The molecule has 2 rings (SSSR count). The van der Waals surface area contributed by atoms with Crippen LogP contribution in [0.3, 0.4) is 0 Å². The molecular formula is C20H24ClN3O4S. The number of amides is 2. The van der Waals surface area contributed by atoms with Gasteiger partial charge in [-0.05, 0) is 54.8 Å². The molecule has 0 radical (unpaired) electrons. The number of anilines is 2. The lowest BCUT2D eigenvalue weighted by Crippen LogP contribution is -2.46. The minimum Gasteiger partial charge on any atom is -0.344 e. The molecule has 2 amide bonds. The van der Waals surface area contributed by atoms with Gasteiger partial charge in [0.25, 0.3) is 10.0 Å². The number of halogens is 1. The molecule has 156 valence electrons. The lowest BCUT2D eigenvalue weighted by molar-refractivity contribution is -0.126. The molecule has 0 spiro atoms. The van der Waals surface area contributed by atoms with Gasteiger partial charge in [-0.15, -0.1) is 0 Å². The summed E-state index contributed by atoms with van der Waals surface area (Å²) in [6, 6.07) is 10.1. The van der Waals surface area contributed by atoms with Crippen LogP contribution in [-0.4, -0.2) is 26.3 Å². The number of benzene rings is 2. The maximum Gasteiger partial charge on any atom is 0.262 e. The van der Waals surface area contributed by atoms with Crippen molar-refractivity contribution in [3.05, 3.63) is 53.1 Å². The number of sulfonamides is 1. The van der Waals surface area contributed by atoms with Crippen molar-refractivity contribution in [1.82, 2.24) is 5.32 Å². The van der Waals surface area contributed by atoms with Crippen molar-refractivity contribution in [2.24, 2.45) is 5.92 Å². The SMILES string of the molecule is CC(=O)NC(C(=O)Nc1ccc(C)c(S(=O)(=O)Nc2ccc(Cl)cc2)c1)C(C)C. The first kappa shape index (κ1) is 22.7. The van der Waals surface area contributed by atoms with Crippen LogP contribution >= 0.6 is 11.6 Å². The van der Waals surface area contributed by atoms with Gasteiger partial charge in [0.15, 0.2) is 0 Å². The van der Waals surface area contributed by atoms with E-state index in [1.807, 2.05) is 0 Å². The first-order chi connectivity index (χ1) is 13.5. The summed E-state index contributed by atoms with van der Waals surface area (Å²) in [4.78, 5) is 23.9. The van der Waals surface area contributed by atoms with E-state index in [9.17, 15) is 18.0 Å². The van der Waals surface area contributed by atoms with Gasteiger partial charge in [0.2, 0.25) is 11.8 Å². The molecule has 29 heavy (non-hydrogen) atoms. The van der Waals surface area contributed by atoms with E-state index in [1.54, 1.807) is 57.2 Å². The molecule has 3 N–H and O–H groups in total. The monoisotopic (exact) mass is 437 g/mol. The molecule has 0 saturated carbocycles. The summed E-state index contributed by atoms with van der Waals surface area (Å²) in [6.45, 7) is 6.61. The van der Waals surface area contributed by atoms with Gasteiger partial charge in [0.05, 0.1) is 4.90 Å². The summed E-state index contributed by atoms with van der Waals surface area (Å²) in [6.07, 6.45) is 0. The largest absolute Gasteiger partial charge is 0.344 e. The van der Waals surface area contributed by atoms with Crippen LogP contribution in [0, 0.1) is 12.8 Å². The maximum absolute atomic E-state index is 12.8. The van der Waals surface area contributed by atoms with Crippen molar-refractivity contribution in [3.63, 3.8) is 0 Å². The Balaban J connectivity index is 2.27. The molecule has 1 unspecified atom stereocenters. The average Bonchev–Trinajstić information content (AvgIpc) is 2.62. The summed E-state index contributed by atoms with van der Waals surface area (Å²) in [5.74, 6) is -0.884. The molecule has 0 aromatic heterocycles. The van der Waals surface area contributed by atoms with E-state index in [1.165, 1.54) is 13.0 Å². The number of hydrogen-bond acceptors (Lipinski definition) is 4. The second-order valence-electron chi connectivity index (χ2n) is 7.00. The van der Waals surface area contributed by atoms with Crippen molar-refractivity contribution >= 4 is 44.8 Å². The van der Waals surface area contributed by atoms with E-state index in [2.05, 4.69) is 15.4 Å². The van der Waals surface area contributed by atoms with Crippen molar-refractivity contribution < 1.29 is 18.0 Å². The van der Waals surface area contributed by atoms with Crippen LogP contribution in [0.1, 0.15) is 26.3 Å². The van der Waals surface area contributed by atoms with Crippen LogP contribution in [0.15, 0.2) is 47.4 Å². The molecule has 1 atom stereocenters. The third-order valence-electron chi connectivity index (χ3n) is 4.15. The molecule has 0 bridgehead atoms. The Bertz CT molecular complexity index is 1000. The predicted molar refractivity (Wildman–Crippen MR) is 115 cm³/mol. The van der Waals surface area contributed by atoms with Crippen molar-refractivity contribution in [2.75, 3.05) is 10.0 Å². The number of carbonyl (C=O) groups excluding carboxylic acids is 2. The highest BCUT2D eigenvalue weighted by Crippen LogP contribution is 2.24. The van der Waals surface area contributed by atoms with Crippen LogP contribution < -0.4 is 15.4 Å². The zero-order chi connectivity index (χ0) is 21.8. The molecule has 0 aliphatic rings. The standard InChI is InChI=1S/C20H24ClN3O4S/c1-12(2)19(22-14(4)25)20(26)23-17-8-5-13(3)18(11-17)29(27,28)24-16-9-6-15(21)7-10-16/h5-12,19,24H,1-4H3,(H,22,25)(H,23,26). The van der Waals surface area contributed by atoms with Gasteiger partial charge in [0, 0.05) is 23.3 Å². The first-order valence-electron chi connectivity index (χ1n) is 8.96. The average molecular weight is 438 g/mol. The fraction of sp³-hybridized carbons (Fsp3) is 0.300. The zero-order valence-electron chi connectivity index (χ0n) is 16.6. The van der Waals surface area contributed by atoms with Gasteiger partial charge in [-0.25, -0.2) is 8.42 Å². The Morgan fingerprint density at radius 2 is 1.59 bits per heavy atom. The van der Waals surface area contributed by atoms with Crippen LogP contribution in [0.2, 0.25) is 5.02 Å². The van der Waals surface area contributed by atoms with Gasteiger partial charge in [0.1, 0.15) is 6.04 Å². The second-order valence-corrected chi connectivity index (χ2v) is 9.09. The summed E-state index contributed by atoms with van der Waals surface area (Å²) >= 11 is 5.83. The number of aryl methyl sites for hydroxylation is 1. The third-order valence-corrected chi connectivity index (χ3v) is 5.92. The third kappa shape index (κ3) is 6.20. The highest BCUT2D eigenvalue weighted by molar-refractivity contribution is 7.92. The Hall–Kier alpha value is -2.58. The van der Waals surface area contributed by atoms with Crippen LogP contribution in [0.5, 0.6) is 0 Å². The van der Waals surface area contributed by atoms with E-state index in [0.29, 0.717) is 22.0 Å². The van der Waals surface area contributed by atoms with Crippen molar-refractivity contribution in [2.45, 2.75) is 38.6 Å². The van der Waals surface area contributed by atoms with Gasteiger partial charge in [-0.3, -0.25) is 14.3 Å². The Morgan fingerprint density at radius 1 is 1.00 bits per heavy atom. The fourth-order valence-corrected chi connectivity index (χ4v) is 4.13. The van der Waals surface area contributed by atoms with Gasteiger partial charge in [-0.1, -0.05) is 31.5 Å². The highest BCUT2D eigenvalue weighted by atomic mass is 35.5. The summed E-state index contributed by atoms with van der Waals surface area (Å²) in [7, 11) is -3.88. The van der Waals surface area contributed by atoms with Crippen molar-refractivity contribution in [3.8, 4) is 0 Å². The van der Waals surface area contributed by atoms with E-state index in [4.69, 9.17) is 11.6 Å². The van der Waals surface area contributed by atoms with E-state index < -0.39 is 22.0 Å². The highest BCUT2D eigenvalue weighted by Gasteiger charge is 2.24. The summed E-state index contributed by atoms with van der Waals surface area (Å²) in [5.41, 5.74) is 1.20. The lowest BCUT2D eigenvalue weighted by atomic mass is 10.0. The molecule has 0 aliphatic heterocycles. The maximum atomic E-state index is 12.8. The minimum atomic E-state index is -3.88. The van der Waals surface area contributed by atoms with Gasteiger partial charge < -0.3 is 10.6 Å². The molecule has 7 nitrogen and oxygen atoms in total. The topological polar surface area (TPSA) is 104 Å². The van der Waals surface area contributed by atoms with E-state index >= 15 is 0 Å². The smallest absolute Gasteiger partial charge is 0.262 e. The Labute approximate surface area is 175 Å². The van der Waals surface area contributed by atoms with Crippen LogP contribution in [0.4, 0.5) is 11.4 Å². The zero-order valence-corrected chi connectivity index (χ0v) is 18.2. The molecule has 2 aromatic carbocycles. The van der Waals surface area contributed by atoms with E-state index in [0.717, 1.165) is 0 Å². The Kier molecular flexibility index (Phi) is 7.26. The van der Waals surface area contributed by atoms with Gasteiger partial charge >= 0.3 is 0 Å². The first-order valence-corrected chi connectivity index (χ1v) is 10.8. The van der Waals surface area contributed by atoms with Crippen LogP contribution in [-0.2, 0) is 19.6 Å². The molecule has 2 aromatic rings. The second kappa shape index (κ2) is 9.28. The molecule has 9 heteroatoms. The molecule has 0 aliphatic carbocycles. The normalized spacial score (nSPS) is 12.3. The van der Waals surface area contributed by atoms with Crippen molar-refractivity contribution in [1.29, 1.82) is 0 Å². The number of nitrogens with one attached hydrogen (secondary N) is 3. The molecule has 0 saturated heterocycles. The quantitative estimate of drug-likeness (QED) is 0.616. The molecule has 0 heterocycles. The molecular weight excluding hydrogens is 414 g/mol. The fourth-order valence-electron chi connectivity index (χ4n) is 2.67. The minimum absolute atomic E-state index is 0.0332. The predicted octanol–water partition coefficient (Wildman–Crippen LogP) is 3.55. The molecule has 0 fully saturated rings. The summed E-state index contributed by atoms with van der Waals surface area (Å²) in [5, 5.41) is 5.77.